The molecule has 0 aliphatic heterocycles. The van der Waals surface area contributed by atoms with Crippen LogP contribution in [0.2, 0.25) is 0 Å². The molecule has 0 saturated carbocycles. The fourth-order valence-corrected chi connectivity index (χ4v) is 11.1. The van der Waals surface area contributed by atoms with Crippen molar-refractivity contribution in [1.82, 2.24) is 19.9 Å². The quantitative estimate of drug-likeness (QED) is 0.0965. The first-order valence-electron chi connectivity index (χ1n) is 18.7. The summed E-state index contributed by atoms with van der Waals surface area (Å²) >= 11 is 0. The van der Waals surface area contributed by atoms with E-state index in [-0.39, 0.29) is 0 Å². The van der Waals surface area contributed by atoms with Gasteiger partial charge in [-0.15, -0.1) is 0 Å². The molecule has 0 bridgehead atoms. The lowest BCUT2D eigenvalue weighted by Gasteiger charge is -2.21. The average molecular weight is 739 g/mol. The number of pyridine rings is 4. The second kappa shape index (κ2) is 13.5. The second-order valence-corrected chi connectivity index (χ2v) is 17.0. The van der Waals surface area contributed by atoms with Crippen LogP contribution in [0, 0.1) is 13.8 Å². The SMILES string of the molecule is Cc1c2c(-c3ccccn3)nc3ccccc3c2c(C)c2c(-c3cccnc3)nc3cc(-c4cccc(P(=O)(c5ccccc5)c5ccccc5)c4)ccc3c12. The third kappa shape index (κ3) is 5.35. The number of aromatic nitrogens is 4. The van der Waals surface area contributed by atoms with E-state index in [1.807, 2.05) is 116 Å². The molecule has 0 amide bonds. The normalized spacial score (nSPS) is 11.8. The summed E-state index contributed by atoms with van der Waals surface area (Å²) in [6, 6.07) is 52.8. The van der Waals surface area contributed by atoms with E-state index in [9.17, 15) is 0 Å². The number of benzene rings is 6. The van der Waals surface area contributed by atoms with Crippen LogP contribution in [-0.4, -0.2) is 19.9 Å². The van der Waals surface area contributed by atoms with Gasteiger partial charge in [-0.25, -0.2) is 9.97 Å². The minimum Gasteiger partial charge on any atom is -0.309 e. The molecule has 0 aliphatic carbocycles. The Morgan fingerprint density at radius 2 is 1.05 bits per heavy atom. The Morgan fingerprint density at radius 3 is 1.75 bits per heavy atom. The van der Waals surface area contributed by atoms with Gasteiger partial charge in [0.15, 0.2) is 7.14 Å². The minimum atomic E-state index is -3.17. The van der Waals surface area contributed by atoms with E-state index < -0.39 is 7.14 Å². The molecule has 4 aromatic heterocycles. The van der Waals surface area contributed by atoms with Crippen molar-refractivity contribution in [2.75, 3.05) is 0 Å². The van der Waals surface area contributed by atoms with E-state index in [4.69, 9.17) is 15.0 Å². The predicted octanol–water partition coefficient (Wildman–Crippen LogP) is 11.1. The molecule has 0 unspecified atom stereocenters. The van der Waals surface area contributed by atoms with E-state index in [0.717, 1.165) is 104 Å². The van der Waals surface area contributed by atoms with Gasteiger partial charge in [-0.1, -0.05) is 115 Å². The Hall–Kier alpha value is -6.81. The maximum absolute atomic E-state index is 15.3. The summed E-state index contributed by atoms with van der Waals surface area (Å²) < 4.78 is 15.3. The van der Waals surface area contributed by atoms with Crippen LogP contribution >= 0.6 is 7.14 Å². The van der Waals surface area contributed by atoms with Gasteiger partial charge in [0, 0.05) is 61.6 Å². The highest BCUT2D eigenvalue weighted by molar-refractivity contribution is 7.85. The highest BCUT2D eigenvalue weighted by atomic mass is 31.2. The van der Waals surface area contributed by atoms with Crippen LogP contribution < -0.4 is 15.9 Å². The zero-order chi connectivity index (χ0) is 37.8. The molecule has 10 aromatic rings. The van der Waals surface area contributed by atoms with Gasteiger partial charge in [-0.3, -0.25) is 9.97 Å². The third-order valence-corrected chi connectivity index (χ3v) is 14.1. The zero-order valence-corrected chi connectivity index (χ0v) is 31.8. The Balaban J connectivity index is 1.26. The van der Waals surface area contributed by atoms with Crippen molar-refractivity contribution in [2.45, 2.75) is 13.8 Å². The summed E-state index contributed by atoms with van der Waals surface area (Å²) in [5, 5.41) is 9.02. The van der Waals surface area contributed by atoms with Gasteiger partial charge in [-0.2, -0.15) is 0 Å². The monoisotopic (exact) mass is 738 g/mol. The summed E-state index contributed by atoms with van der Waals surface area (Å²) in [6.45, 7) is 4.42. The second-order valence-electron chi connectivity index (χ2n) is 14.2. The van der Waals surface area contributed by atoms with Crippen molar-refractivity contribution in [3.8, 4) is 33.8 Å². The van der Waals surface area contributed by atoms with Gasteiger partial charge in [0.25, 0.3) is 0 Å². The highest BCUT2D eigenvalue weighted by Crippen LogP contribution is 2.46. The van der Waals surface area contributed by atoms with E-state index in [2.05, 4.69) is 73.4 Å². The molecule has 0 atom stereocenters. The summed E-state index contributed by atoms with van der Waals surface area (Å²) in [5.41, 5.74) is 9.55. The Kier molecular flexibility index (Phi) is 8.13. The molecule has 0 saturated heterocycles. The van der Waals surface area contributed by atoms with Gasteiger partial charge >= 0.3 is 0 Å². The number of rotatable bonds is 6. The van der Waals surface area contributed by atoms with Gasteiger partial charge in [0.05, 0.1) is 28.1 Å². The van der Waals surface area contributed by atoms with Gasteiger partial charge in [-0.05, 0) is 89.3 Å². The van der Waals surface area contributed by atoms with E-state index >= 15 is 4.57 Å². The smallest absolute Gasteiger partial charge is 0.171 e. The average Bonchev–Trinajstić information content (AvgIpc) is 3.27. The van der Waals surface area contributed by atoms with E-state index in [1.165, 1.54) is 0 Å². The molecule has 0 radical (unpaired) electrons. The van der Waals surface area contributed by atoms with E-state index in [0.29, 0.717) is 0 Å². The summed E-state index contributed by atoms with van der Waals surface area (Å²) in [4.78, 5) is 20.0. The molecular formula is C50H35N4OP. The topological polar surface area (TPSA) is 68.6 Å². The number of hydrogen-bond acceptors (Lipinski definition) is 5. The number of para-hydroxylation sites is 1. The molecule has 4 heterocycles. The first-order chi connectivity index (χ1) is 27.5. The number of aryl methyl sites for hydroxylation is 2. The number of hydrogen-bond donors (Lipinski definition) is 0. The van der Waals surface area contributed by atoms with Gasteiger partial charge in [0.1, 0.15) is 0 Å². The standard InChI is InChI=1S/C50H35N4OP/c1-32-45-40-22-9-10-23-42(40)53-50(43-24-11-12-28-52-43)48(45)33(2)46-41-26-25-35(30-44(41)54-49(47(32)46)36-16-14-27-51-31-36)34-15-13-21-39(29-34)56(55,37-17-5-3-6-18-37)38-19-7-4-8-20-38/h3-31H,1-2H3. The van der Waals surface area contributed by atoms with Crippen LogP contribution in [-0.2, 0) is 4.57 Å². The first kappa shape index (κ1) is 33.7. The molecule has 6 heteroatoms. The van der Waals surface area contributed by atoms with Crippen molar-refractivity contribution in [3.63, 3.8) is 0 Å². The third-order valence-electron chi connectivity index (χ3n) is 11.0. The van der Waals surface area contributed by atoms with Crippen LogP contribution in [0.3, 0.4) is 0 Å². The molecule has 56 heavy (non-hydrogen) atoms. The van der Waals surface area contributed by atoms with Crippen LogP contribution in [0.25, 0.3) is 77.1 Å². The van der Waals surface area contributed by atoms with Crippen molar-refractivity contribution in [3.05, 3.63) is 187 Å². The van der Waals surface area contributed by atoms with Gasteiger partial charge in [0.2, 0.25) is 0 Å². The van der Waals surface area contributed by atoms with Gasteiger partial charge < -0.3 is 4.57 Å². The van der Waals surface area contributed by atoms with Crippen molar-refractivity contribution in [2.24, 2.45) is 0 Å². The molecule has 266 valence electrons. The van der Waals surface area contributed by atoms with Crippen LogP contribution in [0.15, 0.2) is 176 Å². The fraction of sp³-hybridized carbons (Fsp3) is 0.0400. The van der Waals surface area contributed by atoms with Crippen molar-refractivity contribution in [1.29, 1.82) is 0 Å². The fourth-order valence-electron chi connectivity index (χ4n) is 8.42. The Labute approximate surface area is 324 Å². The molecule has 0 spiro atoms. The predicted molar refractivity (Wildman–Crippen MR) is 233 cm³/mol. The summed E-state index contributed by atoms with van der Waals surface area (Å²) in [6.07, 6.45) is 5.53. The van der Waals surface area contributed by atoms with E-state index in [1.54, 1.807) is 6.20 Å². The largest absolute Gasteiger partial charge is 0.309 e. The molecule has 0 aliphatic rings. The molecule has 0 fully saturated rings. The lowest BCUT2D eigenvalue weighted by atomic mass is 9.86. The van der Waals surface area contributed by atoms with Crippen LogP contribution in [0.4, 0.5) is 0 Å². The lowest BCUT2D eigenvalue weighted by Crippen LogP contribution is -2.25. The molecule has 10 rings (SSSR count). The van der Waals surface area contributed by atoms with Crippen molar-refractivity contribution < 1.29 is 4.57 Å². The maximum Gasteiger partial charge on any atom is 0.171 e. The highest BCUT2D eigenvalue weighted by Gasteiger charge is 2.30. The lowest BCUT2D eigenvalue weighted by molar-refractivity contribution is 0.592. The van der Waals surface area contributed by atoms with Crippen LogP contribution in [0.1, 0.15) is 11.1 Å². The van der Waals surface area contributed by atoms with Crippen LogP contribution in [0.5, 0.6) is 0 Å². The minimum absolute atomic E-state index is 0.787. The Bertz CT molecular complexity index is 3130. The number of nitrogens with zero attached hydrogens (tertiary/aromatic N) is 4. The van der Waals surface area contributed by atoms with Crippen molar-refractivity contribution >= 4 is 66.4 Å². The molecule has 5 nitrogen and oxygen atoms in total. The first-order valence-corrected chi connectivity index (χ1v) is 20.4. The summed E-state index contributed by atoms with van der Waals surface area (Å²) in [7, 11) is -3.17. The maximum atomic E-state index is 15.3. The molecule has 0 N–H and O–H groups in total. The zero-order valence-electron chi connectivity index (χ0n) is 30.9. The summed E-state index contributed by atoms with van der Waals surface area (Å²) in [5.74, 6) is 0. The molecular weight excluding hydrogens is 704 g/mol. The number of fused-ring (bicyclic) bond motifs is 6. The molecule has 6 aromatic carbocycles. The Morgan fingerprint density at radius 1 is 0.446 bits per heavy atom.